The third kappa shape index (κ3) is 6.31. The van der Waals surface area contributed by atoms with E-state index in [1.807, 2.05) is 6.92 Å². The van der Waals surface area contributed by atoms with Gasteiger partial charge in [0.25, 0.3) is 5.91 Å². The van der Waals surface area contributed by atoms with Crippen LogP contribution in [0.2, 0.25) is 0 Å². The van der Waals surface area contributed by atoms with Crippen LogP contribution < -0.4 is 15.8 Å². The van der Waals surface area contributed by atoms with Crippen LogP contribution in [0.1, 0.15) is 37.0 Å². The zero-order valence-electron chi connectivity index (χ0n) is 12.8. The lowest BCUT2D eigenvalue weighted by atomic mass is 10.2. The molecule has 6 nitrogen and oxygen atoms in total. The first kappa shape index (κ1) is 20.9. The molecule has 0 bridgehead atoms. The van der Waals surface area contributed by atoms with Crippen molar-refractivity contribution in [1.29, 1.82) is 0 Å². The van der Waals surface area contributed by atoms with Gasteiger partial charge >= 0.3 is 0 Å². The molecule has 0 saturated carbocycles. The van der Waals surface area contributed by atoms with E-state index in [2.05, 4.69) is 10.0 Å². The topological polar surface area (TPSA) is 101 Å². The summed E-state index contributed by atoms with van der Waals surface area (Å²) >= 11 is 0. The first-order valence-corrected chi connectivity index (χ1v) is 8.49. The minimum Gasteiger partial charge on any atom is -0.352 e. The molecule has 0 aromatic heterocycles. The lowest BCUT2D eigenvalue weighted by Gasteiger charge is -2.12. The minimum absolute atomic E-state index is 0. The van der Waals surface area contributed by atoms with Crippen LogP contribution in [-0.2, 0) is 10.0 Å². The predicted molar refractivity (Wildman–Crippen MR) is 89.8 cm³/mol. The van der Waals surface area contributed by atoms with Crippen molar-refractivity contribution in [2.24, 2.45) is 5.73 Å². The molecule has 4 N–H and O–H groups in total. The number of sulfonamides is 1. The molecule has 0 fully saturated rings. The van der Waals surface area contributed by atoms with Crippen LogP contribution >= 0.6 is 12.4 Å². The highest BCUT2D eigenvalue weighted by molar-refractivity contribution is 7.89. The van der Waals surface area contributed by atoms with Gasteiger partial charge in [-0.05, 0) is 50.6 Å². The molecule has 0 saturated heterocycles. The summed E-state index contributed by atoms with van der Waals surface area (Å²) in [6.07, 6.45) is 1.41. The van der Waals surface area contributed by atoms with E-state index in [0.717, 1.165) is 0 Å². The highest BCUT2D eigenvalue weighted by Gasteiger charge is 2.16. The van der Waals surface area contributed by atoms with Gasteiger partial charge in [0.1, 0.15) is 0 Å². The molecule has 0 aliphatic rings. The highest BCUT2D eigenvalue weighted by atomic mass is 35.5. The Morgan fingerprint density at radius 3 is 2.36 bits per heavy atom. The number of halogens is 1. The van der Waals surface area contributed by atoms with Gasteiger partial charge in [0.15, 0.2) is 0 Å². The van der Waals surface area contributed by atoms with E-state index in [-0.39, 0.29) is 29.3 Å². The molecule has 0 radical (unpaired) electrons. The SMILES string of the molecule is CCC(C)NS(=O)(=O)c1ccc(C(=O)NCCCN)cc1.Cl. The molecule has 8 heteroatoms. The van der Waals surface area contributed by atoms with Crippen molar-refractivity contribution in [2.75, 3.05) is 13.1 Å². The van der Waals surface area contributed by atoms with E-state index in [1.165, 1.54) is 24.3 Å². The van der Waals surface area contributed by atoms with Gasteiger partial charge in [-0.25, -0.2) is 13.1 Å². The van der Waals surface area contributed by atoms with E-state index in [4.69, 9.17) is 5.73 Å². The smallest absolute Gasteiger partial charge is 0.251 e. The maximum Gasteiger partial charge on any atom is 0.251 e. The van der Waals surface area contributed by atoms with Crippen molar-refractivity contribution in [2.45, 2.75) is 37.6 Å². The summed E-state index contributed by atoms with van der Waals surface area (Å²) in [6.45, 7) is 4.72. The Morgan fingerprint density at radius 2 is 1.86 bits per heavy atom. The standard InChI is InChI=1S/C14H23N3O3S.ClH/c1-3-11(2)17-21(19,20)13-7-5-12(6-8-13)14(18)16-10-4-9-15;/h5-8,11,17H,3-4,9-10,15H2,1-2H3,(H,16,18);1H. The molecule has 1 aromatic rings. The second-order valence-electron chi connectivity index (χ2n) is 4.85. The molecule has 1 rings (SSSR count). The fourth-order valence-corrected chi connectivity index (χ4v) is 2.93. The lowest BCUT2D eigenvalue weighted by molar-refractivity contribution is 0.0953. The van der Waals surface area contributed by atoms with E-state index in [0.29, 0.717) is 31.5 Å². The van der Waals surface area contributed by atoms with Gasteiger partial charge in [0, 0.05) is 18.2 Å². The highest BCUT2D eigenvalue weighted by Crippen LogP contribution is 2.11. The summed E-state index contributed by atoms with van der Waals surface area (Å²) in [5, 5.41) is 2.72. The average molecular weight is 350 g/mol. The fourth-order valence-electron chi connectivity index (χ4n) is 1.61. The van der Waals surface area contributed by atoms with Gasteiger partial charge in [0.05, 0.1) is 4.90 Å². The van der Waals surface area contributed by atoms with E-state index in [9.17, 15) is 13.2 Å². The molecule has 0 aliphatic carbocycles. The number of hydrogen-bond acceptors (Lipinski definition) is 4. The zero-order valence-corrected chi connectivity index (χ0v) is 14.5. The van der Waals surface area contributed by atoms with E-state index < -0.39 is 10.0 Å². The van der Waals surface area contributed by atoms with E-state index in [1.54, 1.807) is 6.92 Å². The number of carbonyl (C=O) groups excluding carboxylic acids is 1. The van der Waals surface area contributed by atoms with Gasteiger partial charge in [-0.1, -0.05) is 6.92 Å². The molecule has 22 heavy (non-hydrogen) atoms. The number of nitrogens with two attached hydrogens (primary N) is 1. The van der Waals surface area contributed by atoms with Crippen LogP contribution in [0.4, 0.5) is 0 Å². The van der Waals surface area contributed by atoms with Crippen molar-refractivity contribution in [3.63, 3.8) is 0 Å². The Labute approximate surface area is 138 Å². The maximum absolute atomic E-state index is 12.1. The Kier molecular flexibility index (Phi) is 9.27. The predicted octanol–water partition coefficient (Wildman–Crippen LogP) is 1.26. The van der Waals surface area contributed by atoms with Crippen LogP contribution in [-0.4, -0.2) is 33.5 Å². The fraction of sp³-hybridized carbons (Fsp3) is 0.500. The van der Waals surface area contributed by atoms with Crippen molar-refractivity contribution in [1.82, 2.24) is 10.0 Å². The number of amides is 1. The maximum atomic E-state index is 12.1. The molecule has 126 valence electrons. The van der Waals surface area contributed by atoms with Crippen molar-refractivity contribution >= 4 is 28.3 Å². The van der Waals surface area contributed by atoms with Crippen LogP contribution in [0.25, 0.3) is 0 Å². The minimum atomic E-state index is -3.53. The lowest BCUT2D eigenvalue weighted by Crippen LogP contribution is -2.32. The van der Waals surface area contributed by atoms with Gasteiger partial charge in [-0.2, -0.15) is 0 Å². The average Bonchev–Trinajstić information content (AvgIpc) is 2.47. The molecular formula is C14H24ClN3O3S. The Morgan fingerprint density at radius 1 is 1.27 bits per heavy atom. The third-order valence-corrected chi connectivity index (χ3v) is 4.67. The van der Waals surface area contributed by atoms with Gasteiger partial charge < -0.3 is 11.1 Å². The Bertz CT molecular complexity index is 561. The number of hydrogen-bond donors (Lipinski definition) is 3. The van der Waals surface area contributed by atoms with Crippen LogP contribution in [0.5, 0.6) is 0 Å². The molecule has 0 spiro atoms. The first-order valence-electron chi connectivity index (χ1n) is 7.01. The van der Waals surface area contributed by atoms with Gasteiger partial charge in [-0.3, -0.25) is 4.79 Å². The quantitative estimate of drug-likeness (QED) is 0.615. The number of rotatable bonds is 8. The number of carbonyl (C=O) groups is 1. The summed E-state index contributed by atoms with van der Waals surface area (Å²) in [7, 11) is -3.53. The van der Waals surface area contributed by atoms with Gasteiger partial charge in [0.2, 0.25) is 10.0 Å². The summed E-state index contributed by atoms with van der Waals surface area (Å²) < 4.78 is 26.7. The molecule has 0 heterocycles. The van der Waals surface area contributed by atoms with Crippen LogP contribution in [0.15, 0.2) is 29.2 Å². The first-order chi connectivity index (χ1) is 9.90. The number of benzene rings is 1. The summed E-state index contributed by atoms with van der Waals surface area (Å²) in [6, 6.07) is 5.74. The van der Waals surface area contributed by atoms with Gasteiger partial charge in [-0.15, -0.1) is 12.4 Å². The molecule has 1 amide bonds. The Hall–Kier alpha value is -1.15. The van der Waals surface area contributed by atoms with Crippen molar-refractivity contribution in [3.05, 3.63) is 29.8 Å². The summed E-state index contributed by atoms with van der Waals surface area (Å²) in [4.78, 5) is 11.9. The molecule has 1 atom stereocenters. The molecule has 0 aliphatic heterocycles. The second kappa shape index (κ2) is 9.78. The molecule has 1 aromatic carbocycles. The zero-order chi connectivity index (χ0) is 15.9. The number of nitrogens with one attached hydrogen (secondary N) is 2. The summed E-state index contributed by atoms with van der Waals surface area (Å²) in [5.74, 6) is -0.234. The normalized spacial score (nSPS) is 12.3. The second-order valence-corrected chi connectivity index (χ2v) is 6.57. The molecule has 1 unspecified atom stereocenters. The van der Waals surface area contributed by atoms with Crippen LogP contribution in [0, 0.1) is 0 Å². The summed E-state index contributed by atoms with van der Waals surface area (Å²) in [5.41, 5.74) is 5.77. The van der Waals surface area contributed by atoms with Crippen molar-refractivity contribution in [3.8, 4) is 0 Å². The largest absolute Gasteiger partial charge is 0.352 e. The van der Waals surface area contributed by atoms with Crippen LogP contribution in [0.3, 0.4) is 0 Å². The van der Waals surface area contributed by atoms with E-state index >= 15 is 0 Å². The van der Waals surface area contributed by atoms with Crippen molar-refractivity contribution < 1.29 is 13.2 Å². The third-order valence-electron chi connectivity index (χ3n) is 3.06. The monoisotopic (exact) mass is 349 g/mol. The molecular weight excluding hydrogens is 326 g/mol. The Balaban J connectivity index is 0.00000441.